The van der Waals surface area contributed by atoms with Gasteiger partial charge in [0.1, 0.15) is 0 Å². The molecule has 0 saturated carbocycles. The monoisotopic (exact) mass is 479 g/mol. The maximum Gasteiger partial charge on any atom is 0.264 e. The van der Waals surface area contributed by atoms with Crippen molar-refractivity contribution in [3.63, 3.8) is 0 Å². The minimum atomic E-state index is -3.72. The largest absolute Gasteiger partial charge is 0.378 e. The van der Waals surface area contributed by atoms with Crippen LogP contribution in [-0.4, -0.2) is 59.6 Å². The molecule has 0 unspecified atom stereocenters. The van der Waals surface area contributed by atoms with Crippen molar-refractivity contribution in [2.45, 2.75) is 11.4 Å². The van der Waals surface area contributed by atoms with Gasteiger partial charge in [-0.3, -0.25) is 9.10 Å². The van der Waals surface area contributed by atoms with Crippen molar-refractivity contribution in [3.05, 3.63) is 90.0 Å². The van der Waals surface area contributed by atoms with E-state index in [-0.39, 0.29) is 10.8 Å². The molecule has 3 aromatic carbocycles. The number of morpholine rings is 1. The lowest BCUT2D eigenvalue weighted by atomic mass is 10.1. The second-order valence-electron chi connectivity index (χ2n) is 8.26. The smallest absolute Gasteiger partial charge is 0.264 e. The molecule has 0 spiro atoms. The summed E-state index contributed by atoms with van der Waals surface area (Å²) in [5.41, 5.74) is 3.19. The number of para-hydroxylation sites is 1. The third-order valence-corrected chi connectivity index (χ3v) is 7.76. The highest BCUT2D eigenvalue weighted by Gasteiger charge is 2.22. The van der Waals surface area contributed by atoms with E-state index >= 15 is 0 Å². The predicted octanol–water partition coefficient (Wildman–Crippen LogP) is 3.62. The summed E-state index contributed by atoms with van der Waals surface area (Å²) >= 11 is 0. The zero-order valence-electron chi connectivity index (χ0n) is 19.4. The molecule has 1 aliphatic rings. The first-order valence-electron chi connectivity index (χ1n) is 11.2. The van der Waals surface area contributed by atoms with Crippen LogP contribution in [0.5, 0.6) is 0 Å². The summed E-state index contributed by atoms with van der Waals surface area (Å²) in [6, 6.07) is 23.2. The molecule has 4 rings (SSSR count). The maximum atomic E-state index is 13.0. The zero-order valence-corrected chi connectivity index (χ0v) is 20.2. The molecule has 1 aliphatic heterocycles. The van der Waals surface area contributed by atoms with Gasteiger partial charge in [0.25, 0.3) is 15.9 Å². The third-order valence-electron chi connectivity index (χ3n) is 5.96. The Kier molecular flexibility index (Phi) is 7.19. The van der Waals surface area contributed by atoms with Gasteiger partial charge in [-0.1, -0.05) is 30.3 Å². The van der Waals surface area contributed by atoms with Gasteiger partial charge < -0.3 is 14.5 Å². The number of ether oxygens (including phenoxy) is 1. The molecule has 0 atom stereocenters. The lowest BCUT2D eigenvalue weighted by Gasteiger charge is -2.29. The Balaban J connectivity index is 1.41. The van der Waals surface area contributed by atoms with Crippen LogP contribution < -0.4 is 9.21 Å². The molecule has 0 aromatic heterocycles. The van der Waals surface area contributed by atoms with E-state index in [1.165, 1.54) is 23.5 Å². The van der Waals surface area contributed by atoms with Crippen molar-refractivity contribution >= 4 is 27.3 Å². The average molecular weight is 480 g/mol. The highest BCUT2D eigenvalue weighted by Crippen LogP contribution is 2.23. The molecule has 1 saturated heterocycles. The predicted molar refractivity (Wildman–Crippen MR) is 134 cm³/mol. The Morgan fingerprint density at radius 1 is 0.882 bits per heavy atom. The van der Waals surface area contributed by atoms with Crippen molar-refractivity contribution in [1.29, 1.82) is 0 Å². The van der Waals surface area contributed by atoms with E-state index in [9.17, 15) is 13.2 Å². The van der Waals surface area contributed by atoms with Crippen LogP contribution in [0.25, 0.3) is 0 Å². The first kappa shape index (κ1) is 23.8. The zero-order chi connectivity index (χ0) is 24.1. The van der Waals surface area contributed by atoms with Crippen LogP contribution in [0, 0.1) is 0 Å². The molecule has 3 aromatic rings. The number of amides is 1. The lowest BCUT2D eigenvalue weighted by molar-refractivity contribution is 0.0785. The van der Waals surface area contributed by atoms with Gasteiger partial charge in [0, 0.05) is 45.0 Å². The molecule has 7 nitrogen and oxygen atoms in total. The number of nitrogens with zero attached hydrogens (tertiary/aromatic N) is 3. The number of anilines is 2. The summed E-state index contributed by atoms with van der Waals surface area (Å²) in [6.07, 6.45) is 0. The lowest BCUT2D eigenvalue weighted by Crippen LogP contribution is -2.36. The van der Waals surface area contributed by atoms with Gasteiger partial charge in [-0.25, -0.2) is 8.42 Å². The number of carbonyl (C=O) groups excluding carboxylic acids is 1. The number of hydrogen-bond acceptors (Lipinski definition) is 5. The Hall–Kier alpha value is -3.36. The number of sulfonamides is 1. The molecule has 0 radical (unpaired) electrons. The van der Waals surface area contributed by atoms with Crippen molar-refractivity contribution in [2.75, 3.05) is 49.6 Å². The Morgan fingerprint density at radius 2 is 1.50 bits per heavy atom. The molecule has 0 N–H and O–H groups in total. The van der Waals surface area contributed by atoms with Gasteiger partial charge in [0.15, 0.2) is 0 Å². The fraction of sp³-hybridized carbons (Fsp3) is 0.269. The van der Waals surface area contributed by atoms with Crippen LogP contribution in [0.1, 0.15) is 15.9 Å². The molecular weight excluding hydrogens is 450 g/mol. The van der Waals surface area contributed by atoms with Crippen LogP contribution in [-0.2, 0) is 21.3 Å². The topological polar surface area (TPSA) is 70.2 Å². The number of benzene rings is 3. The summed E-state index contributed by atoms with van der Waals surface area (Å²) in [5.74, 6) is -0.169. The standard InChI is InChI=1S/C26H29N3O4S/c1-27(20-21-8-12-24(13-9-21)29-16-18-33-19-17-29)26(30)22-10-14-25(15-11-22)34(31,32)28(2)23-6-4-3-5-7-23/h3-15H,16-20H2,1-2H3. The van der Waals surface area contributed by atoms with Crippen molar-refractivity contribution in [3.8, 4) is 0 Å². The molecule has 8 heteroatoms. The normalized spacial score (nSPS) is 14.0. The van der Waals surface area contributed by atoms with Gasteiger partial charge in [-0.15, -0.1) is 0 Å². The van der Waals surface area contributed by atoms with Crippen LogP contribution >= 0.6 is 0 Å². The van der Waals surface area contributed by atoms with Crippen molar-refractivity contribution < 1.29 is 17.9 Å². The van der Waals surface area contributed by atoms with Crippen molar-refractivity contribution in [1.82, 2.24) is 4.90 Å². The molecule has 1 fully saturated rings. The SMILES string of the molecule is CN(Cc1ccc(N2CCOCC2)cc1)C(=O)c1ccc(S(=O)(=O)N(C)c2ccccc2)cc1. The second kappa shape index (κ2) is 10.3. The maximum absolute atomic E-state index is 13.0. The molecule has 1 amide bonds. The number of hydrogen-bond donors (Lipinski definition) is 0. The van der Waals surface area contributed by atoms with Crippen LogP contribution in [0.15, 0.2) is 83.8 Å². The first-order chi connectivity index (χ1) is 16.4. The first-order valence-corrected chi connectivity index (χ1v) is 12.6. The van der Waals surface area contributed by atoms with E-state index in [2.05, 4.69) is 17.0 Å². The van der Waals surface area contributed by atoms with Crippen LogP contribution in [0.2, 0.25) is 0 Å². The van der Waals surface area contributed by atoms with E-state index in [1.807, 2.05) is 18.2 Å². The van der Waals surface area contributed by atoms with E-state index in [1.54, 1.807) is 48.3 Å². The number of rotatable bonds is 7. The highest BCUT2D eigenvalue weighted by molar-refractivity contribution is 7.92. The van der Waals surface area contributed by atoms with Gasteiger partial charge >= 0.3 is 0 Å². The molecule has 1 heterocycles. The van der Waals surface area contributed by atoms with E-state index in [0.29, 0.717) is 17.8 Å². The molecule has 0 bridgehead atoms. The van der Waals surface area contributed by atoms with Gasteiger partial charge in [-0.05, 0) is 54.1 Å². The van der Waals surface area contributed by atoms with E-state index in [0.717, 1.165) is 37.6 Å². The third kappa shape index (κ3) is 5.24. The van der Waals surface area contributed by atoms with Crippen molar-refractivity contribution in [2.24, 2.45) is 0 Å². The van der Waals surface area contributed by atoms with Gasteiger partial charge in [0.05, 0.1) is 23.8 Å². The van der Waals surface area contributed by atoms with Crippen LogP contribution in [0.3, 0.4) is 0 Å². The second-order valence-corrected chi connectivity index (χ2v) is 10.2. The minimum absolute atomic E-state index is 0.136. The summed E-state index contributed by atoms with van der Waals surface area (Å²) in [7, 11) is -0.462. The van der Waals surface area contributed by atoms with E-state index < -0.39 is 10.0 Å². The van der Waals surface area contributed by atoms with Gasteiger partial charge in [0.2, 0.25) is 0 Å². The summed E-state index contributed by atoms with van der Waals surface area (Å²) < 4.78 is 32.5. The fourth-order valence-electron chi connectivity index (χ4n) is 3.90. The quantitative estimate of drug-likeness (QED) is 0.518. The summed E-state index contributed by atoms with van der Waals surface area (Å²) in [4.78, 5) is 17.0. The highest BCUT2D eigenvalue weighted by atomic mass is 32.2. The Labute approximate surface area is 201 Å². The summed E-state index contributed by atoms with van der Waals surface area (Å²) in [5, 5.41) is 0. The summed E-state index contributed by atoms with van der Waals surface area (Å²) in [6.45, 7) is 3.69. The Bertz CT molecular complexity index is 1210. The molecule has 34 heavy (non-hydrogen) atoms. The molecular formula is C26H29N3O4S. The van der Waals surface area contributed by atoms with Gasteiger partial charge in [-0.2, -0.15) is 0 Å². The fourth-order valence-corrected chi connectivity index (χ4v) is 5.10. The number of carbonyl (C=O) groups is 1. The average Bonchev–Trinajstić information content (AvgIpc) is 2.89. The van der Waals surface area contributed by atoms with Crippen LogP contribution in [0.4, 0.5) is 11.4 Å². The minimum Gasteiger partial charge on any atom is -0.378 e. The Morgan fingerprint density at radius 3 is 2.12 bits per heavy atom. The molecule has 178 valence electrons. The van der Waals surface area contributed by atoms with E-state index in [4.69, 9.17) is 4.74 Å². The molecule has 0 aliphatic carbocycles.